The standard InChI is InChI=1S/C15H20N4O2/c20-14-3-2-12(15(21)18-14)11-4-6-17-13(10-11)19-8-1-5-16-7-9-19/h4,6,10,12,16H,1-3,5,7-9H2,(H,18,20,21). The van der Waals surface area contributed by atoms with Gasteiger partial charge in [0.15, 0.2) is 0 Å². The summed E-state index contributed by atoms with van der Waals surface area (Å²) in [5.41, 5.74) is 0.946. The minimum absolute atomic E-state index is 0.177. The van der Waals surface area contributed by atoms with Gasteiger partial charge in [0.1, 0.15) is 5.82 Å². The third-order valence-electron chi connectivity index (χ3n) is 4.08. The number of hydrogen-bond acceptors (Lipinski definition) is 5. The van der Waals surface area contributed by atoms with Crippen molar-refractivity contribution in [3.63, 3.8) is 0 Å². The molecule has 112 valence electrons. The number of amides is 2. The fourth-order valence-electron chi connectivity index (χ4n) is 2.91. The Kier molecular flexibility index (Phi) is 4.15. The molecule has 0 aliphatic carbocycles. The molecule has 2 saturated heterocycles. The Bertz CT molecular complexity index is 538. The zero-order chi connectivity index (χ0) is 14.7. The van der Waals surface area contributed by atoms with E-state index in [4.69, 9.17) is 0 Å². The summed E-state index contributed by atoms with van der Waals surface area (Å²) >= 11 is 0. The Hall–Kier alpha value is -1.95. The van der Waals surface area contributed by atoms with E-state index in [-0.39, 0.29) is 17.7 Å². The molecule has 1 unspecified atom stereocenters. The van der Waals surface area contributed by atoms with Crippen molar-refractivity contribution in [1.82, 2.24) is 15.6 Å². The monoisotopic (exact) mass is 288 g/mol. The molecule has 2 fully saturated rings. The Balaban J connectivity index is 1.79. The molecule has 6 heteroatoms. The van der Waals surface area contributed by atoms with Gasteiger partial charge in [-0.3, -0.25) is 14.9 Å². The molecule has 0 radical (unpaired) electrons. The smallest absolute Gasteiger partial charge is 0.234 e. The van der Waals surface area contributed by atoms with E-state index >= 15 is 0 Å². The Morgan fingerprint density at radius 3 is 3.00 bits per heavy atom. The van der Waals surface area contributed by atoms with E-state index in [0.717, 1.165) is 44.0 Å². The number of imide groups is 1. The largest absolute Gasteiger partial charge is 0.355 e. The van der Waals surface area contributed by atoms with Crippen molar-refractivity contribution >= 4 is 17.6 Å². The van der Waals surface area contributed by atoms with Crippen molar-refractivity contribution in [2.45, 2.75) is 25.2 Å². The second-order valence-corrected chi connectivity index (χ2v) is 5.54. The molecule has 0 aromatic carbocycles. The first kappa shape index (κ1) is 14.0. The Labute approximate surface area is 123 Å². The number of piperidine rings is 1. The molecule has 6 nitrogen and oxygen atoms in total. The lowest BCUT2D eigenvalue weighted by Crippen LogP contribution is -2.39. The number of aromatic nitrogens is 1. The maximum Gasteiger partial charge on any atom is 0.234 e. The molecule has 21 heavy (non-hydrogen) atoms. The van der Waals surface area contributed by atoms with Gasteiger partial charge < -0.3 is 10.2 Å². The van der Waals surface area contributed by atoms with Gasteiger partial charge in [-0.2, -0.15) is 0 Å². The SMILES string of the molecule is O=C1CCC(c2ccnc(N3CCCNCC3)c2)C(=O)N1. The molecule has 1 atom stereocenters. The predicted molar refractivity (Wildman–Crippen MR) is 79.1 cm³/mol. The maximum absolute atomic E-state index is 12.0. The van der Waals surface area contributed by atoms with Crippen LogP contribution in [0.1, 0.15) is 30.7 Å². The van der Waals surface area contributed by atoms with Crippen molar-refractivity contribution < 1.29 is 9.59 Å². The van der Waals surface area contributed by atoms with Crippen LogP contribution in [0.25, 0.3) is 0 Å². The molecule has 2 aliphatic rings. The lowest BCUT2D eigenvalue weighted by atomic mass is 9.91. The molecule has 0 spiro atoms. The molecule has 2 N–H and O–H groups in total. The average molecular weight is 288 g/mol. The van der Waals surface area contributed by atoms with E-state index in [1.54, 1.807) is 6.20 Å². The summed E-state index contributed by atoms with van der Waals surface area (Å²) in [5, 5.41) is 5.78. The molecule has 3 rings (SSSR count). The van der Waals surface area contributed by atoms with E-state index in [9.17, 15) is 9.59 Å². The third kappa shape index (κ3) is 3.21. The maximum atomic E-state index is 12.0. The van der Waals surface area contributed by atoms with E-state index in [1.807, 2.05) is 12.1 Å². The number of nitrogens with zero attached hydrogens (tertiary/aromatic N) is 2. The van der Waals surface area contributed by atoms with Crippen LogP contribution in [0.2, 0.25) is 0 Å². The zero-order valence-corrected chi connectivity index (χ0v) is 12.0. The predicted octanol–water partition coefficient (Wildman–Crippen LogP) is 0.402. The van der Waals surface area contributed by atoms with Gasteiger partial charge in [0.2, 0.25) is 11.8 Å². The Morgan fingerprint density at radius 2 is 2.14 bits per heavy atom. The second kappa shape index (κ2) is 6.22. The number of rotatable bonds is 2. The second-order valence-electron chi connectivity index (χ2n) is 5.54. The van der Waals surface area contributed by atoms with Crippen molar-refractivity contribution in [2.24, 2.45) is 0 Å². The molecule has 1 aromatic rings. The van der Waals surface area contributed by atoms with Gasteiger partial charge in [-0.15, -0.1) is 0 Å². The normalized spacial score (nSPS) is 23.6. The first-order valence-corrected chi connectivity index (χ1v) is 7.49. The summed E-state index contributed by atoms with van der Waals surface area (Å²) in [6, 6.07) is 3.87. The number of carbonyl (C=O) groups is 2. The fourth-order valence-corrected chi connectivity index (χ4v) is 2.91. The van der Waals surface area contributed by atoms with Gasteiger partial charge in [0.05, 0.1) is 5.92 Å². The molecule has 1 aromatic heterocycles. The highest BCUT2D eigenvalue weighted by Gasteiger charge is 2.28. The van der Waals surface area contributed by atoms with Crippen LogP contribution in [-0.4, -0.2) is 43.0 Å². The summed E-state index contributed by atoms with van der Waals surface area (Å²) in [6.45, 7) is 3.87. The quantitative estimate of drug-likeness (QED) is 0.771. The van der Waals surface area contributed by atoms with Gasteiger partial charge >= 0.3 is 0 Å². The van der Waals surface area contributed by atoms with Crippen LogP contribution in [-0.2, 0) is 9.59 Å². The van der Waals surface area contributed by atoms with Crippen LogP contribution in [0.3, 0.4) is 0 Å². The molecule has 3 heterocycles. The van der Waals surface area contributed by atoms with Gasteiger partial charge in [0.25, 0.3) is 0 Å². The Morgan fingerprint density at radius 1 is 1.24 bits per heavy atom. The molecule has 2 amide bonds. The molecular weight excluding hydrogens is 268 g/mol. The number of pyridine rings is 1. The molecule has 2 aliphatic heterocycles. The van der Waals surface area contributed by atoms with E-state index in [2.05, 4.69) is 20.5 Å². The van der Waals surface area contributed by atoms with Crippen LogP contribution in [0.15, 0.2) is 18.3 Å². The van der Waals surface area contributed by atoms with Gasteiger partial charge in [-0.25, -0.2) is 4.98 Å². The minimum atomic E-state index is -0.241. The minimum Gasteiger partial charge on any atom is -0.355 e. The van der Waals surface area contributed by atoms with Gasteiger partial charge in [-0.05, 0) is 37.1 Å². The lowest BCUT2D eigenvalue weighted by molar-refractivity contribution is -0.134. The molecular formula is C15H20N4O2. The average Bonchev–Trinajstić information content (AvgIpc) is 2.76. The molecule has 0 bridgehead atoms. The zero-order valence-electron chi connectivity index (χ0n) is 12.0. The van der Waals surface area contributed by atoms with Gasteiger partial charge in [0, 0.05) is 32.3 Å². The van der Waals surface area contributed by atoms with Crippen molar-refractivity contribution in [2.75, 3.05) is 31.1 Å². The summed E-state index contributed by atoms with van der Waals surface area (Å²) in [4.78, 5) is 29.9. The first-order chi connectivity index (χ1) is 10.2. The highest BCUT2D eigenvalue weighted by atomic mass is 16.2. The van der Waals surface area contributed by atoms with E-state index in [0.29, 0.717) is 12.8 Å². The fraction of sp³-hybridized carbons (Fsp3) is 0.533. The van der Waals surface area contributed by atoms with Crippen LogP contribution in [0.4, 0.5) is 5.82 Å². The van der Waals surface area contributed by atoms with Gasteiger partial charge in [-0.1, -0.05) is 0 Å². The summed E-state index contributed by atoms with van der Waals surface area (Å²) in [5.74, 6) is 0.306. The number of carbonyl (C=O) groups excluding carboxylic acids is 2. The van der Waals surface area contributed by atoms with Crippen LogP contribution < -0.4 is 15.5 Å². The van der Waals surface area contributed by atoms with Crippen molar-refractivity contribution in [3.8, 4) is 0 Å². The van der Waals surface area contributed by atoms with Crippen LogP contribution in [0, 0.1) is 0 Å². The summed E-state index contributed by atoms with van der Waals surface area (Å²) < 4.78 is 0. The number of nitrogens with one attached hydrogen (secondary N) is 2. The summed E-state index contributed by atoms with van der Waals surface area (Å²) in [6.07, 6.45) is 3.83. The summed E-state index contributed by atoms with van der Waals surface area (Å²) in [7, 11) is 0. The van der Waals surface area contributed by atoms with Crippen molar-refractivity contribution in [3.05, 3.63) is 23.9 Å². The topological polar surface area (TPSA) is 74.3 Å². The highest BCUT2D eigenvalue weighted by Crippen LogP contribution is 2.26. The van der Waals surface area contributed by atoms with Crippen LogP contribution >= 0.6 is 0 Å². The van der Waals surface area contributed by atoms with E-state index < -0.39 is 0 Å². The van der Waals surface area contributed by atoms with Crippen LogP contribution in [0.5, 0.6) is 0 Å². The van der Waals surface area contributed by atoms with Crippen molar-refractivity contribution in [1.29, 1.82) is 0 Å². The first-order valence-electron chi connectivity index (χ1n) is 7.49. The third-order valence-corrected chi connectivity index (χ3v) is 4.08. The molecule has 0 saturated carbocycles. The highest BCUT2D eigenvalue weighted by molar-refractivity contribution is 6.00. The number of hydrogen-bond donors (Lipinski definition) is 2. The number of anilines is 1. The lowest BCUT2D eigenvalue weighted by Gasteiger charge is -2.24. The van der Waals surface area contributed by atoms with E-state index in [1.165, 1.54) is 0 Å².